The average molecular weight is 441 g/mol. The van der Waals surface area contributed by atoms with Crippen LogP contribution in [0.1, 0.15) is 23.4 Å². The van der Waals surface area contributed by atoms with Crippen LogP contribution >= 0.6 is 11.3 Å². The highest BCUT2D eigenvalue weighted by atomic mass is 32.1. The Kier molecular flexibility index (Phi) is 7.01. The number of amides is 2. The number of rotatable bonds is 7. The van der Waals surface area contributed by atoms with Crippen LogP contribution in [0.15, 0.2) is 59.1 Å². The van der Waals surface area contributed by atoms with Gasteiger partial charge in [-0.05, 0) is 23.9 Å². The standard InChI is InChI=1S/C23H28N4O3S/c1-2-30-22(28)20-18(24-23(29)25-21(20)19-9-6-14-31-19)16-27-12-10-26(11-13-27)15-17-7-4-3-5-8-17/h3-9,14,21H,2,10-13,15-16H2,1H3,(H2,24,25,29)/t21-/m0/s1. The van der Waals surface area contributed by atoms with Gasteiger partial charge in [0.25, 0.3) is 0 Å². The van der Waals surface area contributed by atoms with E-state index in [-0.39, 0.29) is 12.0 Å². The van der Waals surface area contributed by atoms with Gasteiger partial charge in [-0.15, -0.1) is 11.3 Å². The Balaban J connectivity index is 1.47. The molecule has 2 N–H and O–H groups in total. The second-order valence-electron chi connectivity index (χ2n) is 7.70. The number of nitrogens with zero attached hydrogens (tertiary/aromatic N) is 2. The van der Waals surface area contributed by atoms with Crippen molar-refractivity contribution in [3.63, 3.8) is 0 Å². The summed E-state index contributed by atoms with van der Waals surface area (Å²) in [5.74, 6) is -0.383. The van der Waals surface area contributed by atoms with Crippen molar-refractivity contribution in [2.75, 3.05) is 39.3 Å². The molecule has 164 valence electrons. The van der Waals surface area contributed by atoms with Gasteiger partial charge in [0, 0.05) is 49.8 Å². The molecule has 0 radical (unpaired) electrons. The van der Waals surface area contributed by atoms with Crippen molar-refractivity contribution in [1.82, 2.24) is 20.4 Å². The Hall–Kier alpha value is -2.68. The van der Waals surface area contributed by atoms with E-state index in [0.29, 0.717) is 24.4 Å². The van der Waals surface area contributed by atoms with Crippen molar-refractivity contribution in [2.24, 2.45) is 0 Å². The predicted octanol–water partition coefficient (Wildman–Crippen LogP) is 2.74. The molecule has 1 aromatic carbocycles. The minimum absolute atomic E-state index is 0.288. The van der Waals surface area contributed by atoms with E-state index in [4.69, 9.17) is 4.74 Å². The molecule has 1 atom stereocenters. The van der Waals surface area contributed by atoms with Crippen LogP contribution in [0.3, 0.4) is 0 Å². The van der Waals surface area contributed by atoms with E-state index < -0.39 is 6.04 Å². The molecule has 0 spiro atoms. The molecule has 4 rings (SSSR count). The minimum Gasteiger partial charge on any atom is -0.463 e. The maximum Gasteiger partial charge on any atom is 0.338 e. The Morgan fingerprint density at radius 2 is 1.77 bits per heavy atom. The summed E-state index contributed by atoms with van der Waals surface area (Å²) in [6.07, 6.45) is 0. The molecule has 8 heteroatoms. The Morgan fingerprint density at radius 1 is 1.06 bits per heavy atom. The highest BCUT2D eigenvalue weighted by molar-refractivity contribution is 7.10. The number of esters is 1. The minimum atomic E-state index is -0.484. The van der Waals surface area contributed by atoms with Crippen LogP contribution in [-0.4, -0.2) is 61.1 Å². The molecule has 1 aromatic heterocycles. The lowest BCUT2D eigenvalue weighted by Gasteiger charge is -2.37. The van der Waals surface area contributed by atoms with Crippen LogP contribution in [-0.2, 0) is 16.1 Å². The van der Waals surface area contributed by atoms with Crippen molar-refractivity contribution in [3.8, 4) is 0 Å². The number of hydrogen-bond acceptors (Lipinski definition) is 6. The lowest BCUT2D eigenvalue weighted by atomic mass is 10.0. The molecule has 0 saturated carbocycles. The zero-order valence-corrected chi connectivity index (χ0v) is 18.5. The van der Waals surface area contributed by atoms with E-state index in [0.717, 1.165) is 37.6 Å². The van der Waals surface area contributed by atoms with Crippen LogP contribution in [0.4, 0.5) is 4.79 Å². The van der Waals surface area contributed by atoms with E-state index in [9.17, 15) is 9.59 Å². The van der Waals surface area contributed by atoms with Gasteiger partial charge in [-0.3, -0.25) is 9.80 Å². The van der Waals surface area contributed by atoms with Crippen LogP contribution in [0, 0.1) is 0 Å². The van der Waals surface area contributed by atoms with Crippen LogP contribution < -0.4 is 10.6 Å². The normalized spacial score (nSPS) is 20.3. The summed E-state index contributed by atoms with van der Waals surface area (Å²) in [5.41, 5.74) is 2.44. The maximum atomic E-state index is 12.8. The molecule has 0 aliphatic carbocycles. The number of piperazine rings is 1. The maximum absolute atomic E-state index is 12.8. The first-order valence-electron chi connectivity index (χ1n) is 10.6. The molecule has 0 unspecified atom stereocenters. The third-order valence-corrected chi connectivity index (χ3v) is 6.51. The molecule has 1 fully saturated rings. The largest absolute Gasteiger partial charge is 0.463 e. The quantitative estimate of drug-likeness (QED) is 0.648. The van der Waals surface area contributed by atoms with Crippen LogP contribution in [0.2, 0.25) is 0 Å². The molecule has 3 heterocycles. The van der Waals surface area contributed by atoms with Gasteiger partial charge in [0.1, 0.15) is 0 Å². The first-order chi connectivity index (χ1) is 15.1. The summed E-state index contributed by atoms with van der Waals surface area (Å²) in [6, 6.07) is 13.6. The number of nitrogens with one attached hydrogen (secondary N) is 2. The average Bonchev–Trinajstić information content (AvgIpc) is 3.30. The van der Waals surface area contributed by atoms with E-state index in [1.54, 1.807) is 6.92 Å². The second kappa shape index (κ2) is 10.1. The van der Waals surface area contributed by atoms with E-state index in [1.807, 2.05) is 23.6 Å². The van der Waals surface area contributed by atoms with Gasteiger partial charge in [-0.25, -0.2) is 9.59 Å². The number of thiophene rings is 1. The number of benzene rings is 1. The van der Waals surface area contributed by atoms with Crippen molar-refractivity contribution >= 4 is 23.3 Å². The lowest BCUT2D eigenvalue weighted by Crippen LogP contribution is -2.51. The molecule has 1 saturated heterocycles. The smallest absolute Gasteiger partial charge is 0.338 e. The predicted molar refractivity (Wildman–Crippen MR) is 121 cm³/mol. The van der Waals surface area contributed by atoms with Crippen molar-refractivity contribution < 1.29 is 14.3 Å². The molecule has 2 aliphatic heterocycles. The van der Waals surface area contributed by atoms with E-state index >= 15 is 0 Å². The molecule has 31 heavy (non-hydrogen) atoms. The molecular weight excluding hydrogens is 412 g/mol. The lowest BCUT2D eigenvalue weighted by molar-refractivity contribution is -0.139. The number of ether oxygens (including phenoxy) is 1. The first-order valence-corrected chi connectivity index (χ1v) is 11.5. The van der Waals surface area contributed by atoms with E-state index in [1.165, 1.54) is 16.9 Å². The molecular formula is C23H28N4O3S. The number of urea groups is 1. The third kappa shape index (κ3) is 5.33. The summed E-state index contributed by atoms with van der Waals surface area (Å²) in [4.78, 5) is 30.8. The number of carbonyl (C=O) groups is 2. The van der Waals surface area contributed by atoms with Gasteiger partial charge in [-0.1, -0.05) is 36.4 Å². The Morgan fingerprint density at radius 3 is 2.42 bits per heavy atom. The second-order valence-corrected chi connectivity index (χ2v) is 8.68. The highest BCUT2D eigenvalue weighted by Crippen LogP contribution is 2.31. The molecule has 0 bridgehead atoms. The van der Waals surface area contributed by atoms with E-state index in [2.05, 4.69) is 44.7 Å². The summed E-state index contributed by atoms with van der Waals surface area (Å²) in [5, 5.41) is 7.70. The van der Waals surface area contributed by atoms with Gasteiger partial charge >= 0.3 is 12.0 Å². The molecule has 2 aliphatic rings. The highest BCUT2D eigenvalue weighted by Gasteiger charge is 2.35. The summed E-state index contributed by atoms with van der Waals surface area (Å²) < 4.78 is 5.34. The SMILES string of the molecule is CCOC(=O)C1=C(CN2CCN(Cc3ccccc3)CC2)NC(=O)N[C@H]1c1cccs1. The van der Waals surface area contributed by atoms with Crippen LogP contribution in [0.5, 0.6) is 0 Å². The fourth-order valence-corrected chi connectivity index (χ4v) is 4.82. The summed E-state index contributed by atoms with van der Waals surface area (Å²) in [7, 11) is 0. The monoisotopic (exact) mass is 440 g/mol. The third-order valence-electron chi connectivity index (χ3n) is 5.57. The number of hydrogen-bond donors (Lipinski definition) is 2. The Labute approximate surface area is 186 Å². The zero-order valence-electron chi connectivity index (χ0n) is 17.7. The Bertz CT molecular complexity index is 922. The van der Waals surface area contributed by atoms with Gasteiger partial charge in [-0.2, -0.15) is 0 Å². The first kappa shape index (κ1) is 21.5. The fourth-order valence-electron chi connectivity index (χ4n) is 4.03. The van der Waals surface area contributed by atoms with Crippen molar-refractivity contribution in [3.05, 3.63) is 69.6 Å². The summed E-state index contributed by atoms with van der Waals surface area (Å²) >= 11 is 1.52. The van der Waals surface area contributed by atoms with Gasteiger partial charge in [0.15, 0.2) is 0 Å². The molecule has 7 nitrogen and oxygen atoms in total. The fraction of sp³-hybridized carbons (Fsp3) is 0.391. The topological polar surface area (TPSA) is 73.9 Å². The number of carbonyl (C=O) groups excluding carboxylic acids is 2. The van der Waals surface area contributed by atoms with Crippen molar-refractivity contribution in [1.29, 1.82) is 0 Å². The van der Waals surface area contributed by atoms with Crippen LogP contribution in [0.25, 0.3) is 0 Å². The molecule has 2 aromatic rings. The van der Waals surface area contributed by atoms with Gasteiger partial charge in [0.2, 0.25) is 0 Å². The van der Waals surface area contributed by atoms with Gasteiger partial charge < -0.3 is 15.4 Å². The molecule has 2 amide bonds. The summed E-state index contributed by atoms with van der Waals surface area (Å²) in [6.45, 7) is 7.17. The van der Waals surface area contributed by atoms with Crippen molar-refractivity contribution in [2.45, 2.75) is 19.5 Å². The van der Waals surface area contributed by atoms with Gasteiger partial charge in [0.05, 0.1) is 18.2 Å². The zero-order chi connectivity index (χ0) is 21.6.